The lowest BCUT2D eigenvalue weighted by Crippen LogP contribution is -2.11. The summed E-state index contributed by atoms with van der Waals surface area (Å²) in [6.07, 6.45) is 1.88. The molecule has 0 aliphatic carbocycles. The lowest BCUT2D eigenvalue weighted by Gasteiger charge is -2.13. The summed E-state index contributed by atoms with van der Waals surface area (Å²) in [6, 6.07) is 16.2. The second-order valence-electron chi connectivity index (χ2n) is 9.06. The van der Waals surface area contributed by atoms with Crippen molar-refractivity contribution in [2.24, 2.45) is 0 Å². The molecule has 5 nitrogen and oxygen atoms in total. The van der Waals surface area contributed by atoms with Crippen LogP contribution in [0.15, 0.2) is 58.5 Å². The van der Waals surface area contributed by atoms with E-state index in [-0.39, 0.29) is 12.0 Å². The van der Waals surface area contributed by atoms with E-state index in [1.165, 1.54) is 0 Å². The lowest BCUT2D eigenvalue weighted by atomic mass is 9.93. The predicted octanol–water partition coefficient (Wildman–Crippen LogP) is 6.22. The van der Waals surface area contributed by atoms with Crippen molar-refractivity contribution in [1.29, 1.82) is 5.26 Å². The van der Waals surface area contributed by atoms with E-state index in [4.69, 9.17) is 9.40 Å². The summed E-state index contributed by atoms with van der Waals surface area (Å²) in [7, 11) is 0. The summed E-state index contributed by atoms with van der Waals surface area (Å²) in [6.45, 7) is 7.07. The summed E-state index contributed by atoms with van der Waals surface area (Å²) >= 11 is 1.60. The maximum Gasteiger partial charge on any atom is 0.164 e. The van der Waals surface area contributed by atoms with Gasteiger partial charge in [-0.2, -0.15) is 5.26 Å². The van der Waals surface area contributed by atoms with Crippen molar-refractivity contribution >= 4 is 33.2 Å². The van der Waals surface area contributed by atoms with Crippen LogP contribution in [0, 0.1) is 11.3 Å². The molecule has 0 saturated heterocycles. The van der Waals surface area contributed by atoms with E-state index in [9.17, 15) is 10.4 Å². The van der Waals surface area contributed by atoms with Gasteiger partial charge in [-0.05, 0) is 41.5 Å². The summed E-state index contributed by atoms with van der Waals surface area (Å²) < 4.78 is 8.15. The van der Waals surface area contributed by atoms with E-state index >= 15 is 0 Å². The number of aliphatic hydroxyl groups excluding tert-OH is 1. The minimum Gasteiger partial charge on any atom is -0.454 e. The highest BCUT2D eigenvalue weighted by atomic mass is 32.1. The van der Waals surface area contributed by atoms with E-state index < -0.39 is 0 Å². The van der Waals surface area contributed by atoms with Crippen LogP contribution in [0.2, 0.25) is 0 Å². The molecule has 6 heteroatoms. The number of rotatable bonds is 4. The third-order valence-electron chi connectivity index (χ3n) is 5.67. The van der Waals surface area contributed by atoms with E-state index in [2.05, 4.69) is 48.9 Å². The van der Waals surface area contributed by atoms with Gasteiger partial charge < -0.3 is 14.1 Å². The zero-order valence-electron chi connectivity index (χ0n) is 18.2. The van der Waals surface area contributed by atoms with Gasteiger partial charge in [0.1, 0.15) is 11.7 Å². The van der Waals surface area contributed by atoms with Crippen LogP contribution in [0.1, 0.15) is 43.2 Å². The van der Waals surface area contributed by atoms with Crippen LogP contribution in [0.25, 0.3) is 32.6 Å². The van der Waals surface area contributed by atoms with Crippen LogP contribution < -0.4 is 0 Å². The van der Waals surface area contributed by atoms with Gasteiger partial charge in [-0.1, -0.05) is 32.9 Å². The molecular formula is C26H23N3O2S. The Hall–Kier alpha value is -3.40. The quantitative estimate of drug-likeness (QED) is 0.359. The van der Waals surface area contributed by atoms with Gasteiger partial charge in [0.15, 0.2) is 10.8 Å². The molecule has 5 rings (SSSR count). The first-order valence-electron chi connectivity index (χ1n) is 10.5. The number of nitriles is 1. The van der Waals surface area contributed by atoms with Crippen molar-refractivity contribution in [3.63, 3.8) is 0 Å². The maximum absolute atomic E-state index is 9.54. The monoisotopic (exact) mass is 441 g/mol. The van der Waals surface area contributed by atoms with Gasteiger partial charge in [0.05, 0.1) is 17.9 Å². The average molecular weight is 442 g/mol. The van der Waals surface area contributed by atoms with Crippen LogP contribution in [-0.4, -0.2) is 14.7 Å². The van der Waals surface area contributed by atoms with Crippen LogP contribution in [0.5, 0.6) is 0 Å². The summed E-state index contributed by atoms with van der Waals surface area (Å²) in [5.41, 5.74) is 5.41. The third kappa shape index (κ3) is 3.60. The number of aromatic nitrogens is 2. The fraction of sp³-hybridized carbons (Fsp3) is 0.231. The molecule has 0 fully saturated rings. The topological polar surface area (TPSA) is 75.0 Å². The molecule has 2 aromatic carbocycles. The summed E-state index contributed by atoms with van der Waals surface area (Å²) in [4.78, 5) is 4.77. The van der Waals surface area contributed by atoms with Crippen LogP contribution in [-0.2, 0) is 18.6 Å². The van der Waals surface area contributed by atoms with Gasteiger partial charge in [0, 0.05) is 39.8 Å². The Morgan fingerprint density at radius 2 is 1.94 bits per heavy atom. The van der Waals surface area contributed by atoms with Crippen molar-refractivity contribution in [1.82, 2.24) is 9.55 Å². The Bertz CT molecular complexity index is 1490. The zero-order valence-corrected chi connectivity index (χ0v) is 19.0. The summed E-state index contributed by atoms with van der Waals surface area (Å²) in [5, 5.41) is 23.9. The molecular weight excluding hydrogens is 418 g/mol. The average Bonchev–Trinajstić information content (AvgIpc) is 3.49. The highest BCUT2D eigenvalue weighted by Gasteiger charge is 2.19. The Morgan fingerprint density at radius 1 is 1.12 bits per heavy atom. The van der Waals surface area contributed by atoms with Gasteiger partial charge in [-0.15, -0.1) is 11.3 Å². The van der Waals surface area contributed by atoms with E-state index in [0.717, 1.165) is 49.5 Å². The number of thiazole rings is 1. The molecule has 0 amide bonds. The van der Waals surface area contributed by atoms with E-state index in [1.54, 1.807) is 11.3 Å². The minimum absolute atomic E-state index is 0.00763. The fourth-order valence-electron chi connectivity index (χ4n) is 3.89. The van der Waals surface area contributed by atoms with Crippen molar-refractivity contribution in [2.45, 2.75) is 39.3 Å². The molecule has 3 aromatic heterocycles. The number of benzene rings is 2. The first-order valence-corrected chi connectivity index (χ1v) is 11.4. The minimum atomic E-state index is -0.0399. The van der Waals surface area contributed by atoms with Gasteiger partial charge >= 0.3 is 0 Å². The Balaban J connectivity index is 1.49. The molecule has 0 atom stereocenters. The molecule has 0 aliphatic rings. The number of aliphatic hydroxyl groups is 1. The predicted molar refractivity (Wildman–Crippen MR) is 128 cm³/mol. The third-order valence-corrected chi connectivity index (χ3v) is 6.52. The van der Waals surface area contributed by atoms with Gasteiger partial charge in [0.25, 0.3) is 0 Å². The number of fused-ring (bicyclic) bond motifs is 2. The highest BCUT2D eigenvalue weighted by molar-refractivity contribution is 7.13. The maximum atomic E-state index is 9.54. The van der Waals surface area contributed by atoms with Crippen molar-refractivity contribution in [3.05, 3.63) is 76.4 Å². The van der Waals surface area contributed by atoms with E-state index in [1.807, 2.05) is 36.5 Å². The van der Waals surface area contributed by atoms with Crippen LogP contribution >= 0.6 is 11.3 Å². The second kappa shape index (κ2) is 7.63. The molecule has 0 unspecified atom stereocenters. The smallest absolute Gasteiger partial charge is 0.164 e. The lowest BCUT2D eigenvalue weighted by molar-refractivity contribution is 0.282. The number of nitrogens with zero attached hydrogens (tertiary/aromatic N) is 3. The van der Waals surface area contributed by atoms with Crippen molar-refractivity contribution in [2.75, 3.05) is 0 Å². The molecule has 0 aliphatic heterocycles. The molecule has 5 aromatic rings. The molecule has 0 radical (unpaired) electrons. The first-order chi connectivity index (χ1) is 15.4. The Labute approximate surface area is 190 Å². The van der Waals surface area contributed by atoms with Crippen molar-refractivity contribution in [3.8, 4) is 16.8 Å². The van der Waals surface area contributed by atoms with Gasteiger partial charge in [-0.25, -0.2) is 4.98 Å². The largest absolute Gasteiger partial charge is 0.454 e. The first kappa shape index (κ1) is 20.5. The Morgan fingerprint density at radius 3 is 2.66 bits per heavy atom. The molecule has 1 N–H and O–H groups in total. The number of hydrogen-bond acceptors (Lipinski definition) is 5. The zero-order chi connectivity index (χ0) is 22.5. The van der Waals surface area contributed by atoms with Crippen LogP contribution in [0.4, 0.5) is 0 Å². The summed E-state index contributed by atoms with van der Waals surface area (Å²) in [5.74, 6) is 0.785. The second-order valence-corrected chi connectivity index (χ2v) is 9.92. The highest BCUT2D eigenvalue weighted by Crippen LogP contribution is 2.34. The van der Waals surface area contributed by atoms with Gasteiger partial charge in [-0.3, -0.25) is 0 Å². The van der Waals surface area contributed by atoms with Crippen LogP contribution in [0.3, 0.4) is 0 Å². The molecule has 0 saturated carbocycles. The standard InChI is InChI=1S/C26H23N3O2S/c1-26(2,3)24-15-32-25(28-24)23-10-18-8-16(5-7-22(18)31-23)12-29-13-19(11-27)20-9-17(14-30)4-6-21(20)29/h4-10,13,15,30H,12,14H2,1-3H3. The molecule has 160 valence electrons. The van der Waals surface area contributed by atoms with Crippen molar-refractivity contribution < 1.29 is 9.52 Å². The molecule has 3 heterocycles. The van der Waals surface area contributed by atoms with E-state index in [0.29, 0.717) is 12.1 Å². The fourth-order valence-corrected chi connectivity index (χ4v) is 4.88. The molecule has 32 heavy (non-hydrogen) atoms. The molecule has 0 spiro atoms. The molecule has 0 bridgehead atoms. The SMILES string of the molecule is CC(C)(C)c1csc(-c2cc3cc(Cn4cc(C#N)c5cc(CO)ccc54)ccc3o2)n1. The Kier molecular flexibility index (Phi) is 4.89. The number of hydrogen-bond donors (Lipinski definition) is 1. The normalized spacial score (nSPS) is 12.0. The number of furan rings is 1. The van der Waals surface area contributed by atoms with Gasteiger partial charge in [0.2, 0.25) is 0 Å².